The molecule has 0 saturated carbocycles. The SMILES string of the molecule is CS(=O)(=O)O.C[C@]1(C(=O)c2cc3c(cn2)[nH]c2ccccc23)C(=O)N(c2ccccc2F)c2cccc(N)c21. The van der Waals surface area contributed by atoms with Gasteiger partial charge in [-0.05, 0) is 43.3 Å². The lowest BCUT2D eigenvalue weighted by molar-refractivity contribution is -0.120. The van der Waals surface area contributed by atoms with Gasteiger partial charge in [-0.3, -0.25) is 24.0 Å². The number of nitrogens with two attached hydrogens (primary N) is 1. The first kappa shape index (κ1) is 26.0. The first-order valence-electron chi connectivity index (χ1n) is 11.7. The van der Waals surface area contributed by atoms with Crippen LogP contribution in [0, 0.1) is 5.82 Å². The van der Waals surface area contributed by atoms with Crippen molar-refractivity contribution in [3.63, 3.8) is 0 Å². The molecule has 9 nitrogen and oxygen atoms in total. The number of rotatable bonds is 3. The van der Waals surface area contributed by atoms with Crippen molar-refractivity contribution in [3.8, 4) is 0 Å². The molecule has 1 amide bonds. The number of H-pyrrole nitrogens is 1. The first-order chi connectivity index (χ1) is 18.4. The van der Waals surface area contributed by atoms with Crippen LogP contribution in [0.2, 0.25) is 0 Å². The molecule has 4 N–H and O–H groups in total. The highest BCUT2D eigenvalue weighted by molar-refractivity contribution is 7.85. The molecule has 5 aromatic rings. The van der Waals surface area contributed by atoms with Crippen molar-refractivity contribution in [1.29, 1.82) is 0 Å². The second-order valence-electron chi connectivity index (χ2n) is 9.31. The van der Waals surface area contributed by atoms with E-state index in [0.29, 0.717) is 17.5 Å². The number of Topliss-reactive ketones (excluding diaryl/α,β-unsaturated/α-hetero) is 1. The molecule has 6 rings (SSSR count). The fourth-order valence-electron chi connectivity index (χ4n) is 4.94. The van der Waals surface area contributed by atoms with E-state index in [9.17, 15) is 22.4 Å². The Morgan fingerprint density at radius 3 is 2.36 bits per heavy atom. The number of fused-ring (bicyclic) bond motifs is 4. The monoisotopic (exact) mass is 546 g/mol. The van der Waals surface area contributed by atoms with E-state index in [1.807, 2.05) is 24.3 Å². The highest BCUT2D eigenvalue weighted by Crippen LogP contribution is 2.50. The van der Waals surface area contributed by atoms with E-state index in [-0.39, 0.29) is 17.1 Å². The largest absolute Gasteiger partial charge is 0.398 e. The highest BCUT2D eigenvalue weighted by atomic mass is 32.2. The molecule has 0 fully saturated rings. The Hall–Kier alpha value is -4.61. The summed E-state index contributed by atoms with van der Waals surface area (Å²) in [6.45, 7) is 1.54. The highest BCUT2D eigenvalue weighted by Gasteiger charge is 2.55. The molecule has 3 aromatic carbocycles. The molecule has 0 aliphatic carbocycles. The number of aromatic nitrogens is 2. The molecule has 11 heteroatoms. The van der Waals surface area contributed by atoms with Gasteiger partial charge < -0.3 is 10.7 Å². The van der Waals surface area contributed by atoms with Crippen LogP contribution >= 0.6 is 0 Å². The lowest BCUT2D eigenvalue weighted by Crippen LogP contribution is -2.43. The number of benzene rings is 3. The summed E-state index contributed by atoms with van der Waals surface area (Å²) in [5, 5.41) is 1.78. The van der Waals surface area contributed by atoms with Crippen LogP contribution in [0.4, 0.5) is 21.5 Å². The molecule has 39 heavy (non-hydrogen) atoms. The smallest absolute Gasteiger partial charge is 0.261 e. The Labute approximate surface area is 222 Å². The number of carbonyl (C=O) groups is 2. The van der Waals surface area contributed by atoms with Crippen LogP contribution in [0.3, 0.4) is 0 Å². The fraction of sp³-hybridized carbons (Fsp3) is 0.107. The summed E-state index contributed by atoms with van der Waals surface area (Å²) in [6, 6.07) is 20.4. The molecular weight excluding hydrogens is 523 g/mol. The van der Waals surface area contributed by atoms with Gasteiger partial charge in [-0.1, -0.05) is 36.4 Å². The minimum Gasteiger partial charge on any atom is -0.398 e. The van der Waals surface area contributed by atoms with E-state index in [1.165, 1.54) is 24.0 Å². The number of ketones is 1. The van der Waals surface area contributed by atoms with E-state index in [4.69, 9.17) is 10.3 Å². The number of carbonyl (C=O) groups excluding carboxylic acids is 2. The van der Waals surface area contributed by atoms with Gasteiger partial charge in [-0.15, -0.1) is 0 Å². The maximum atomic E-state index is 14.7. The zero-order valence-electron chi connectivity index (χ0n) is 20.8. The maximum absolute atomic E-state index is 14.7. The topological polar surface area (TPSA) is 146 Å². The predicted octanol–water partition coefficient (Wildman–Crippen LogP) is 4.76. The summed E-state index contributed by atoms with van der Waals surface area (Å²) >= 11 is 0. The van der Waals surface area contributed by atoms with Crippen LogP contribution < -0.4 is 10.6 Å². The Kier molecular flexibility index (Phi) is 6.20. The predicted molar refractivity (Wildman–Crippen MR) is 147 cm³/mol. The van der Waals surface area contributed by atoms with Crippen LogP contribution in [0.25, 0.3) is 21.8 Å². The van der Waals surface area contributed by atoms with Gasteiger partial charge in [-0.2, -0.15) is 8.42 Å². The van der Waals surface area contributed by atoms with Crippen molar-refractivity contribution in [2.24, 2.45) is 0 Å². The van der Waals surface area contributed by atoms with Crippen molar-refractivity contribution < 1.29 is 27.0 Å². The molecule has 0 radical (unpaired) electrons. The molecule has 3 heterocycles. The van der Waals surface area contributed by atoms with Gasteiger partial charge in [-0.25, -0.2) is 4.39 Å². The minimum atomic E-state index is -3.67. The van der Waals surface area contributed by atoms with Crippen LogP contribution in [-0.4, -0.2) is 40.9 Å². The number of nitrogens with one attached hydrogen (secondary N) is 1. The summed E-state index contributed by atoms with van der Waals surface area (Å²) in [5.41, 5.74) is 7.57. The molecule has 1 aliphatic heterocycles. The molecular formula is C28H23FN4O5S. The van der Waals surface area contributed by atoms with Gasteiger partial charge in [0.2, 0.25) is 11.7 Å². The average Bonchev–Trinajstić information content (AvgIpc) is 3.36. The Bertz CT molecular complexity index is 1900. The molecule has 0 spiro atoms. The first-order valence-corrected chi connectivity index (χ1v) is 13.6. The third-order valence-electron chi connectivity index (χ3n) is 6.62. The van der Waals surface area contributed by atoms with Gasteiger partial charge >= 0.3 is 0 Å². The third-order valence-corrected chi connectivity index (χ3v) is 6.62. The molecule has 0 unspecified atom stereocenters. The Morgan fingerprint density at radius 2 is 1.64 bits per heavy atom. The summed E-state index contributed by atoms with van der Waals surface area (Å²) in [7, 11) is -3.67. The maximum Gasteiger partial charge on any atom is 0.261 e. The van der Waals surface area contributed by atoms with Crippen molar-refractivity contribution >= 4 is 60.7 Å². The fourth-order valence-corrected chi connectivity index (χ4v) is 4.94. The van der Waals surface area contributed by atoms with Crippen LogP contribution in [-0.2, 0) is 20.3 Å². The van der Waals surface area contributed by atoms with E-state index < -0.39 is 33.0 Å². The van der Waals surface area contributed by atoms with Gasteiger partial charge in [0.25, 0.3) is 10.1 Å². The number of halogens is 1. The number of nitrogens with zero attached hydrogens (tertiary/aromatic N) is 2. The van der Waals surface area contributed by atoms with E-state index in [2.05, 4.69) is 9.97 Å². The number of aromatic amines is 1. The van der Waals surface area contributed by atoms with E-state index >= 15 is 0 Å². The van der Waals surface area contributed by atoms with Crippen molar-refractivity contribution in [1.82, 2.24) is 9.97 Å². The van der Waals surface area contributed by atoms with Gasteiger partial charge in [0.05, 0.1) is 29.3 Å². The van der Waals surface area contributed by atoms with Crippen LogP contribution in [0.15, 0.2) is 79.0 Å². The van der Waals surface area contributed by atoms with Crippen LogP contribution in [0.1, 0.15) is 23.0 Å². The summed E-state index contributed by atoms with van der Waals surface area (Å²) in [4.78, 5) is 36.8. The Morgan fingerprint density at radius 1 is 1.00 bits per heavy atom. The zero-order chi connectivity index (χ0) is 28.1. The molecule has 0 bridgehead atoms. The van der Waals surface area contributed by atoms with Gasteiger partial charge in [0.1, 0.15) is 16.9 Å². The molecule has 2 aromatic heterocycles. The quantitative estimate of drug-likeness (QED) is 0.128. The number of para-hydroxylation sites is 2. The van der Waals surface area contributed by atoms with Crippen molar-refractivity contribution in [2.45, 2.75) is 12.3 Å². The lowest BCUT2D eigenvalue weighted by atomic mass is 9.77. The van der Waals surface area contributed by atoms with Crippen LogP contribution in [0.5, 0.6) is 0 Å². The zero-order valence-corrected chi connectivity index (χ0v) is 21.7. The second-order valence-corrected chi connectivity index (χ2v) is 10.8. The second kappa shape index (κ2) is 9.29. The minimum absolute atomic E-state index is 0.0657. The van der Waals surface area contributed by atoms with E-state index in [0.717, 1.165) is 21.8 Å². The number of amides is 1. The number of hydrogen-bond donors (Lipinski definition) is 3. The third kappa shape index (κ3) is 4.41. The molecule has 1 atom stereocenters. The summed E-state index contributed by atoms with van der Waals surface area (Å²) in [6.07, 6.45) is 2.31. The molecule has 198 valence electrons. The van der Waals surface area contributed by atoms with E-state index in [1.54, 1.807) is 42.6 Å². The number of nitrogen functional groups attached to an aromatic ring is 1. The van der Waals surface area contributed by atoms with Gasteiger partial charge in [0.15, 0.2) is 0 Å². The molecule has 1 aliphatic rings. The standard InChI is InChI=1S/C27H19FN4O2.CH4O3S/c1-27(25(33)20-13-16-15-7-2-4-10-19(15)31-21(16)14-30-20)24-18(29)9-6-12-23(24)32(26(27)34)22-11-5-3-8-17(22)28;1-5(2,3)4/h2-14,31H,29H2,1H3;1H3,(H,2,3,4)/t27-;/m0./s1. The van der Waals surface area contributed by atoms with Crippen molar-refractivity contribution in [3.05, 3.63) is 96.1 Å². The van der Waals surface area contributed by atoms with Gasteiger partial charge in [0, 0.05) is 27.5 Å². The van der Waals surface area contributed by atoms with Crippen molar-refractivity contribution in [2.75, 3.05) is 16.9 Å². The number of hydrogen-bond acceptors (Lipinski definition) is 6. The Balaban J connectivity index is 0.000000567. The number of anilines is 3. The average molecular weight is 547 g/mol. The number of pyridine rings is 1. The molecule has 0 saturated heterocycles. The summed E-state index contributed by atoms with van der Waals surface area (Å²) < 4.78 is 40.6. The lowest BCUT2D eigenvalue weighted by Gasteiger charge is -2.23. The summed E-state index contributed by atoms with van der Waals surface area (Å²) in [5.74, 6) is -1.64. The normalized spacial score (nSPS) is 16.7.